The lowest BCUT2D eigenvalue weighted by atomic mass is 9.83. The Kier molecular flexibility index (Phi) is 15.1. The fourth-order valence-electron chi connectivity index (χ4n) is 9.16. The zero-order valence-corrected chi connectivity index (χ0v) is 41.1. The summed E-state index contributed by atoms with van der Waals surface area (Å²) in [7, 11) is 5.00. The first kappa shape index (κ1) is 52.1. The Morgan fingerprint density at radius 2 is 1.66 bits per heavy atom. The molecule has 28 heteroatoms. The first-order valence-corrected chi connectivity index (χ1v) is 24.8. The lowest BCUT2D eigenvalue weighted by molar-refractivity contribution is -0.144. The molecule has 26 nitrogen and oxygen atoms in total. The van der Waals surface area contributed by atoms with Crippen LogP contribution in [0.1, 0.15) is 41.4 Å². The zero-order chi connectivity index (χ0) is 53.2. The highest BCUT2D eigenvalue weighted by Crippen LogP contribution is 2.60. The predicted molar refractivity (Wildman–Crippen MR) is 260 cm³/mol. The number of aromatic nitrogens is 4. The van der Waals surface area contributed by atoms with E-state index in [1.54, 1.807) is 41.3 Å². The Bertz CT molecular complexity index is 3100. The van der Waals surface area contributed by atoms with Crippen LogP contribution >= 0.6 is 21.6 Å². The largest absolute Gasteiger partial charge is 0.492 e. The van der Waals surface area contributed by atoms with Crippen LogP contribution < -0.4 is 33.0 Å². The Balaban J connectivity index is 0.771. The molecule has 4 aromatic rings. The van der Waals surface area contributed by atoms with Crippen molar-refractivity contribution in [1.82, 2.24) is 40.4 Å². The average Bonchev–Trinajstić information content (AvgIpc) is 3.88. The van der Waals surface area contributed by atoms with Crippen molar-refractivity contribution in [3.8, 4) is 0 Å². The quantitative estimate of drug-likeness (QED) is 0.0331. The number of anilines is 2. The number of nitrogens with one attached hydrogen (secondary N) is 4. The summed E-state index contributed by atoms with van der Waals surface area (Å²) < 4.78 is 22.1. The van der Waals surface area contributed by atoms with Gasteiger partial charge in [-0.25, -0.2) is 29.1 Å². The number of allylic oxidation sites excluding steroid dienone is 2. The summed E-state index contributed by atoms with van der Waals surface area (Å²) >= 11 is 0. The lowest BCUT2D eigenvalue weighted by Crippen LogP contribution is -2.56. The second kappa shape index (κ2) is 21.5. The number of nitrogen functional groups attached to an aromatic ring is 1. The molecule has 5 heterocycles. The van der Waals surface area contributed by atoms with E-state index < -0.39 is 102 Å². The number of carbonyl (C=O) groups is 8. The molecule has 4 aliphatic rings. The number of nitrogens with zero attached hydrogens (tertiary/aromatic N) is 5. The van der Waals surface area contributed by atoms with Gasteiger partial charge >= 0.3 is 24.1 Å². The number of Topliss-reactive ketones (excluding diaryl/α,β-unsaturated/α-hetero) is 2. The fourth-order valence-corrected chi connectivity index (χ4v) is 11.3. The number of benzene rings is 2. The molecule has 4 amide bonds. The summed E-state index contributed by atoms with van der Waals surface area (Å²) in [5.41, 5.74) is 10.9. The monoisotopic (exact) mass is 1060 g/mol. The number of carbonyl (C=O) groups excluding carboxylic acids is 6. The smallest absolute Gasteiger partial charge is 0.410 e. The number of aliphatic carboxylic acids is 2. The van der Waals surface area contributed by atoms with Gasteiger partial charge in [0.05, 0.1) is 43.2 Å². The van der Waals surface area contributed by atoms with Crippen molar-refractivity contribution in [3.05, 3.63) is 105 Å². The number of piperazine rings is 1. The van der Waals surface area contributed by atoms with E-state index in [2.05, 4.69) is 35.9 Å². The number of H-pyrrole nitrogens is 1. The van der Waals surface area contributed by atoms with Crippen molar-refractivity contribution in [1.29, 1.82) is 0 Å². The van der Waals surface area contributed by atoms with Crippen LogP contribution in [0, 0.1) is 5.92 Å². The number of aromatic amines is 1. The van der Waals surface area contributed by atoms with Gasteiger partial charge in [-0.15, -0.1) is 0 Å². The van der Waals surface area contributed by atoms with Gasteiger partial charge in [-0.2, -0.15) is 4.98 Å². The molecule has 2 unspecified atom stereocenters. The number of methoxy groups -OCH3 is 2. The van der Waals surface area contributed by atoms with E-state index in [1.807, 2.05) is 0 Å². The second-order valence-electron chi connectivity index (χ2n) is 17.1. The molecule has 6 atom stereocenters. The third-order valence-electron chi connectivity index (χ3n) is 12.7. The number of primary amides is 1. The van der Waals surface area contributed by atoms with E-state index in [0.717, 1.165) is 10.8 Å². The van der Waals surface area contributed by atoms with Gasteiger partial charge in [0.15, 0.2) is 22.6 Å². The van der Waals surface area contributed by atoms with Crippen LogP contribution in [-0.4, -0.2) is 150 Å². The Morgan fingerprint density at radius 3 is 2.32 bits per heavy atom. The number of amides is 4. The summed E-state index contributed by atoms with van der Waals surface area (Å²) in [6.07, 6.45) is -1.11. The minimum absolute atomic E-state index is 0.0124. The zero-order valence-electron chi connectivity index (χ0n) is 39.4. The number of ether oxygens (including phenoxy) is 4. The number of fused-ring (bicyclic) bond motifs is 5. The molecule has 0 saturated carbocycles. The van der Waals surface area contributed by atoms with Crippen LogP contribution in [0.5, 0.6) is 0 Å². The Labute approximate surface area is 426 Å². The minimum atomic E-state index is -1.47. The Hall–Kier alpha value is -8.24. The van der Waals surface area contributed by atoms with Crippen LogP contribution in [0.4, 0.5) is 21.2 Å². The van der Waals surface area contributed by atoms with Gasteiger partial charge < -0.3 is 61.5 Å². The number of carboxylic acid groups (broad SMARTS) is 2. The van der Waals surface area contributed by atoms with Crippen molar-refractivity contribution in [2.75, 3.05) is 44.2 Å². The van der Waals surface area contributed by atoms with Gasteiger partial charge in [0.2, 0.25) is 23.4 Å². The number of hydrogen-bond donors (Lipinski definition) is 8. The third kappa shape index (κ3) is 10.4. The van der Waals surface area contributed by atoms with Crippen LogP contribution in [0.3, 0.4) is 0 Å². The molecule has 0 bridgehead atoms. The van der Waals surface area contributed by atoms with E-state index in [4.69, 9.17) is 30.4 Å². The molecule has 8 rings (SSSR count). The highest BCUT2D eigenvalue weighted by molar-refractivity contribution is 8.76. The molecular formula is C46H47N11O15S2. The number of carboxylic acids is 2. The van der Waals surface area contributed by atoms with E-state index in [0.29, 0.717) is 21.8 Å². The topological polar surface area (TPSA) is 380 Å². The highest BCUT2D eigenvalue weighted by Gasteiger charge is 2.78. The summed E-state index contributed by atoms with van der Waals surface area (Å²) in [5.74, 6) is -6.52. The van der Waals surface area contributed by atoms with E-state index in [1.165, 1.54) is 55.2 Å². The molecule has 10 N–H and O–H groups in total. The molecule has 0 radical (unpaired) electrons. The molecule has 2 saturated heterocycles. The summed E-state index contributed by atoms with van der Waals surface area (Å²) in [4.78, 5) is 133. The van der Waals surface area contributed by atoms with Crippen molar-refractivity contribution in [2.45, 2.75) is 67.7 Å². The molecule has 2 aromatic carbocycles. The van der Waals surface area contributed by atoms with Gasteiger partial charge in [0.25, 0.3) is 11.5 Å². The molecule has 2 fully saturated rings. The summed E-state index contributed by atoms with van der Waals surface area (Å²) in [5, 5.41) is 27.5. The van der Waals surface area contributed by atoms with Crippen molar-refractivity contribution >= 4 is 91.9 Å². The van der Waals surface area contributed by atoms with Crippen molar-refractivity contribution < 1.29 is 67.5 Å². The second-order valence-corrected chi connectivity index (χ2v) is 19.5. The standard InChI is InChI=1S/C46H47N11O15S2/c1-20-34(59)33-31(35(60)36(20)69-2)26(18-71-44(48)67)46(70-3)37-29(16-56(33)46)57(37)45(68)72-17-21-4-10-25(11-5-21)74-73-19-28(42(65)66)52-30(58)13-12-27(41(63)64)53-39(61)22-6-8-23(9-7-22)49-14-24-15-50-38-32(51-24)40(62)55-43(47)54-38/h4-11,15,26-29,37,49H,12-14,16-19H2,1-3H3,(H2,48,67)(H,52,58)(H,53,61)(H,63,64)(H,65,66)(H3,47,50,54,55,62)/t26-,27+,28+,29?,37?,46-,57?/m1/s1. The third-order valence-corrected chi connectivity index (χ3v) is 15.1. The lowest BCUT2D eigenvalue weighted by Gasteiger charge is -2.40. The van der Waals surface area contributed by atoms with E-state index in [-0.39, 0.29) is 77.1 Å². The molecule has 2 aromatic heterocycles. The first-order chi connectivity index (χ1) is 35.4. The van der Waals surface area contributed by atoms with Crippen LogP contribution in [0.25, 0.3) is 11.2 Å². The summed E-state index contributed by atoms with van der Waals surface area (Å²) in [6, 6.07) is 8.95. The van der Waals surface area contributed by atoms with E-state index in [9.17, 15) is 53.4 Å². The molecule has 74 heavy (non-hydrogen) atoms. The van der Waals surface area contributed by atoms with Crippen LogP contribution in [0.2, 0.25) is 0 Å². The predicted octanol–water partition coefficient (Wildman–Crippen LogP) is 1.28. The van der Waals surface area contributed by atoms with Crippen LogP contribution in [-0.2, 0) is 56.1 Å². The van der Waals surface area contributed by atoms with Crippen molar-refractivity contribution in [3.63, 3.8) is 0 Å². The first-order valence-electron chi connectivity index (χ1n) is 22.4. The maximum atomic E-state index is 13.7. The van der Waals surface area contributed by atoms with Gasteiger partial charge in [0, 0.05) is 53.1 Å². The normalized spacial score (nSPS) is 20.3. The molecule has 3 aliphatic heterocycles. The average molecular weight is 1060 g/mol. The molecule has 0 spiro atoms. The SMILES string of the molecule is COC1=C(C)C(=O)C2=C(C1=O)[C@@H](COC(N)=O)[C@@]1(OC)C3C(CN21)N3C(=O)OCc1ccc(SSC[C@H](NC(=O)CC[C@H](NC(=O)c2ccc(NCc3cnc4nc(N)[nH]c(=O)c4n3)cc2)C(=O)O)C(=O)O)cc1. The minimum Gasteiger partial charge on any atom is -0.492 e. The van der Waals surface area contributed by atoms with Gasteiger partial charge in [-0.3, -0.25) is 33.9 Å². The number of rotatable bonds is 21. The maximum Gasteiger partial charge on any atom is 0.410 e. The number of hydrogen-bond acceptors (Lipinski definition) is 21. The van der Waals surface area contributed by atoms with Gasteiger partial charge in [-0.05, 0) is 55.3 Å². The Morgan fingerprint density at radius 1 is 0.946 bits per heavy atom. The molecule has 388 valence electrons. The number of nitrogens with two attached hydrogens (primary N) is 2. The number of ketones is 2. The fraction of sp³-hybridized carbons (Fsp3) is 0.348. The summed E-state index contributed by atoms with van der Waals surface area (Å²) in [6.45, 7) is 1.22. The van der Waals surface area contributed by atoms with Gasteiger partial charge in [0.1, 0.15) is 31.3 Å². The van der Waals surface area contributed by atoms with Crippen molar-refractivity contribution in [2.24, 2.45) is 11.7 Å². The van der Waals surface area contributed by atoms with E-state index >= 15 is 0 Å². The molecular weight excluding hydrogens is 1010 g/mol. The maximum absolute atomic E-state index is 13.7. The highest BCUT2D eigenvalue weighted by atomic mass is 33.1. The molecule has 1 aliphatic carbocycles. The van der Waals surface area contributed by atoms with Crippen LogP contribution in [0.15, 0.2) is 87.0 Å². The van der Waals surface area contributed by atoms with Gasteiger partial charge in [-0.1, -0.05) is 33.7 Å².